The van der Waals surface area contributed by atoms with Crippen molar-refractivity contribution in [1.82, 2.24) is 10.2 Å². The van der Waals surface area contributed by atoms with E-state index < -0.39 is 5.97 Å². The van der Waals surface area contributed by atoms with E-state index in [1.54, 1.807) is 24.3 Å². The van der Waals surface area contributed by atoms with Crippen molar-refractivity contribution in [1.29, 1.82) is 0 Å². The van der Waals surface area contributed by atoms with Crippen LogP contribution in [0, 0.1) is 0 Å². The fourth-order valence-corrected chi connectivity index (χ4v) is 1.67. The number of benzene rings is 1. The average Bonchev–Trinajstić information content (AvgIpc) is 2.38. The summed E-state index contributed by atoms with van der Waals surface area (Å²) < 4.78 is 0. The molecule has 5 heteroatoms. The first-order chi connectivity index (χ1) is 9.04. The Bertz CT molecular complexity index is 446. The van der Waals surface area contributed by atoms with Crippen molar-refractivity contribution in [3.63, 3.8) is 0 Å². The van der Waals surface area contributed by atoms with E-state index in [0.29, 0.717) is 17.7 Å². The molecule has 0 unspecified atom stereocenters. The van der Waals surface area contributed by atoms with Crippen LogP contribution in [0.15, 0.2) is 24.3 Å². The summed E-state index contributed by atoms with van der Waals surface area (Å²) in [7, 11) is 1.98. The van der Waals surface area contributed by atoms with Gasteiger partial charge in [0, 0.05) is 18.7 Å². The van der Waals surface area contributed by atoms with Gasteiger partial charge in [-0.15, -0.1) is 0 Å². The van der Waals surface area contributed by atoms with Gasteiger partial charge in [-0.3, -0.25) is 9.59 Å². The molecule has 0 fully saturated rings. The summed E-state index contributed by atoms with van der Waals surface area (Å²) in [4.78, 5) is 24.8. The maximum atomic E-state index is 12.0. The molecule has 1 rings (SSSR count). The molecule has 0 aliphatic heterocycles. The van der Waals surface area contributed by atoms with Gasteiger partial charge in [0.25, 0.3) is 5.91 Å². The van der Waals surface area contributed by atoms with Gasteiger partial charge < -0.3 is 15.3 Å². The number of aliphatic carboxylic acids is 1. The molecule has 0 spiro atoms. The second-order valence-corrected chi connectivity index (χ2v) is 4.38. The predicted molar refractivity (Wildman–Crippen MR) is 73.3 cm³/mol. The number of rotatable bonds is 7. The number of nitrogens with zero attached hydrogens (tertiary/aromatic N) is 1. The quantitative estimate of drug-likeness (QED) is 0.770. The van der Waals surface area contributed by atoms with E-state index in [9.17, 15) is 9.59 Å². The van der Waals surface area contributed by atoms with Gasteiger partial charge in [0.05, 0.1) is 6.42 Å². The van der Waals surface area contributed by atoms with E-state index in [4.69, 9.17) is 5.11 Å². The van der Waals surface area contributed by atoms with Crippen LogP contribution in [0.4, 0.5) is 0 Å². The fraction of sp³-hybridized carbons (Fsp3) is 0.429. The summed E-state index contributed by atoms with van der Waals surface area (Å²) in [6.07, 6.45) is -0.140. The highest BCUT2D eigenvalue weighted by Crippen LogP contribution is 2.09. The maximum absolute atomic E-state index is 12.0. The molecule has 0 aromatic heterocycles. The Labute approximate surface area is 113 Å². The Morgan fingerprint density at radius 3 is 2.63 bits per heavy atom. The average molecular weight is 264 g/mol. The molecule has 0 bridgehead atoms. The Kier molecular flexibility index (Phi) is 6.02. The Morgan fingerprint density at radius 2 is 2.00 bits per heavy atom. The summed E-state index contributed by atoms with van der Waals surface area (Å²) in [6.45, 7) is 4.28. The first-order valence-corrected chi connectivity index (χ1v) is 6.31. The van der Waals surface area contributed by atoms with Gasteiger partial charge in [-0.2, -0.15) is 0 Å². The second-order valence-electron chi connectivity index (χ2n) is 4.38. The summed E-state index contributed by atoms with van der Waals surface area (Å²) in [5.41, 5.74) is 0.973. The van der Waals surface area contributed by atoms with Crippen LogP contribution >= 0.6 is 0 Å². The van der Waals surface area contributed by atoms with Gasteiger partial charge in [0.1, 0.15) is 0 Å². The molecule has 19 heavy (non-hydrogen) atoms. The molecular weight excluding hydrogens is 244 g/mol. The van der Waals surface area contributed by atoms with E-state index in [1.165, 1.54) is 0 Å². The first kappa shape index (κ1) is 15.2. The van der Waals surface area contributed by atoms with Crippen molar-refractivity contribution in [2.24, 2.45) is 0 Å². The summed E-state index contributed by atoms with van der Waals surface area (Å²) in [5.74, 6) is -1.16. The number of nitrogens with one attached hydrogen (secondary N) is 1. The van der Waals surface area contributed by atoms with E-state index >= 15 is 0 Å². The zero-order valence-electron chi connectivity index (χ0n) is 11.3. The highest BCUT2D eigenvalue weighted by Gasteiger charge is 2.12. The molecular formula is C14H20N2O3. The van der Waals surface area contributed by atoms with Crippen LogP contribution in [0.25, 0.3) is 0 Å². The van der Waals surface area contributed by atoms with E-state index in [-0.39, 0.29) is 12.3 Å². The number of amides is 1. The van der Waals surface area contributed by atoms with Crippen molar-refractivity contribution < 1.29 is 14.7 Å². The van der Waals surface area contributed by atoms with E-state index in [0.717, 1.165) is 13.1 Å². The molecule has 0 heterocycles. The Balaban J connectivity index is 2.63. The molecule has 104 valence electrons. The van der Waals surface area contributed by atoms with Crippen LogP contribution in [0.3, 0.4) is 0 Å². The first-order valence-electron chi connectivity index (χ1n) is 6.31. The minimum atomic E-state index is -0.939. The van der Waals surface area contributed by atoms with Gasteiger partial charge in [0.15, 0.2) is 0 Å². The minimum absolute atomic E-state index is 0.140. The lowest BCUT2D eigenvalue weighted by atomic mass is 10.0. The molecule has 0 aliphatic rings. The summed E-state index contributed by atoms with van der Waals surface area (Å²) in [5, 5.41) is 11.6. The molecule has 0 saturated heterocycles. The fourth-order valence-electron chi connectivity index (χ4n) is 1.67. The van der Waals surface area contributed by atoms with E-state index in [1.807, 2.05) is 14.0 Å². The number of carbonyl (C=O) groups excluding carboxylic acids is 1. The number of likely N-dealkylation sites (N-methyl/N-ethyl adjacent to an activating group) is 1. The highest BCUT2D eigenvalue weighted by molar-refractivity contribution is 5.96. The Morgan fingerprint density at radius 1 is 1.32 bits per heavy atom. The normalized spacial score (nSPS) is 10.5. The van der Waals surface area contributed by atoms with Gasteiger partial charge >= 0.3 is 5.97 Å². The van der Waals surface area contributed by atoms with Crippen LogP contribution in [-0.4, -0.2) is 48.6 Å². The third-order valence-corrected chi connectivity index (χ3v) is 2.92. The second kappa shape index (κ2) is 7.53. The zero-order valence-corrected chi connectivity index (χ0v) is 11.3. The van der Waals surface area contributed by atoms with Crippen LogP contribution in [-0.2, 0) is 11.2 Å². The van der Waals surface area contributed by atoms with Crippen LogP contribution < -0.4 is 5.32 Å². The SMILES string of the molecule is CCN(C)CCNC(=O)c1ccccc1CC(=O)O. The lowest BCUT2D eigenvalue weighted by Crippen LogP contribution is -2.33. The van der Waals surface area contributed by atoms with Crippen molar-refractivity contribution in [2.75, 3.05) is 26.7 Å². The molecule has 1 aromatic rings. The number of hydrogen-bond donors (Lipinski definition) is 2. The largest absolute Gasteiger partial charge is 0.481 e. The number of carboxylic acid groups (broad SMARTS) is 1. The van der Waals surface area contributed by atoms with Gasteiger partial charge in [-0.1, -0.05) is 25.1 Å². The molecule has 0 radical (unpaired) electrons. The molecule has 2 N–H and O–H groups in total. The molecule has 0 saturated carbocycles. The highest BCUT2D eigenvalue weighted by atomic mass is 16.4. The third-order valence-electron chi connectivity index (χ3n) is 2.92. The van der Waals surface area contributed by atoms with Gasteiger partial charge in [-0.05, 0) is 25.2 Å². The smallest absolute Gasteiger partial charge is 0.307 e. The molecule has 1 aromatic carbocycles. The number of carboxylic acids is 1. The lowest BCUT2D eigenvalue weighted by Gasteiger charge is -2.14. The van der Waals surface area contributed by atoms with Crippen molar-refractivity contribution in [3.8, 4) is 0 Å². The lowest BCUT2D eigenvalue weighted by molar-refractivity contribution is -0.136. The maximum Gasteiger partial charge on any atom is 0.307 e. The van der Waals surface area contributed by atoms with Gasteiger partial charge in [0.2, 0.25) is 0 Å². The molecule has 0 aliphatic carbocycles. The van der Waals surface area contributed by atoms with Crippen LogP contribution in [0.2, 0.25) is 0 Å². The predicted octanol–water partition coefficient (Wildman–Crippen LogP) is 0.995. The minimum Gasteiger partial charge on any atom is -0.481 e. The molecule has 0 atom stereocenters. The number of hydrogen-bond acceptors (Lipinski definition) is 3. The topological polar surface area (TPSA) is 69.6 Å². The van der Waals surface area contributed by atoms with Crippen LogP contribution in [0.5, 0.6) is 0 Å². The standard InChI is InChI=1S/C14H20N2O3/c1-3-16(2)9-8-15-14(19)12-7-5-4-6-11(12)10-13(17)18/h4-7H,3,8-10H2,1-2H3,(H,15,19)(H,17,18). The van der Waals surface area contributed by atoms with Crippen molar-refractivity contribution in [3.05, 3.63) is 35.4 Å². The summed E-state index contributed by atoms with van der Waals surface area (Å²) >= 11 is 0. The van der Waals surface area contributed by atoms with Crippen molar-refractivity contribution in [2.45, 2.75) is 13.3 Å². The van der Waals surface area contributed by atoms with Crippen molar-refractivity contribution >= 4 is 11.9 Å². The van der Waals surface area contributed by atoms with E-state index in [2.05, 4.69) is 10.2 Å². The zero-order chi connectivity index (χ0) is 14.3. The number of carbonyl (C=O) groups is 2. The Hall–Kier alpha value is -1.88. The summed E-state index contributed by atoms with van der Waals surface area (Å²) in [6, 6.07) is 6.79. The monoisotopic (exact) mass is 264 g/mol. The van der Waals surface area contributed by atoms with Crippen LogP contribution in [0.1, 0.15) is 22.8 Å². The molecule has 1 amide bonds. The molecule has 5 nitrogen and oxygen atoms in total. The third kappa shape index (κ3) is 5.09. The van der Waals surface area contributed by atoms with Gasteiger partial charge in [-0.25, -0.2) is 0 Å².